The first-order valence-electron chi connectivity index (χ1n) is 13.1. The van der Waals surface area contributed by atoms with Crippen molar-refractivity contribution in [3.05, 3.63) is 73.1 Å². The number of hydrogen-bond acceptors (Lipinski definition) is 8. The molecule has 1 saturated heterocycles. The molecule has 2 aromatic heterocycles. The van der Waals surface area contributed by atoms with Crippen molar-refractivity contribution in [3.8, 4) is 0 Å². The number of anilines is 5. The molecule has 0 aliphatic carbocycles. The second-order valence-electron chi connectivity index (χ2n) is 9.94. The minimum atomic E-state index is -0.277. The molecule has 0 radical (unpaired) electrons. The van der Waals surface area contributed by atoms with Gasteiger partial charge in [-0.3, -0.25) is 9.48 Å². The number of benzene rings is 2. The van der Waals surface area contributed by atoms with Gasteiger partial charge in [0.15, 0.2) is 0 Å². The number of amides is 1. The molecule has 2 aromatic carbocycles. The van der Waals surface area contributed by atoms with Gasteiger partial charge >= 0.3 is 0 Å². The lowest BCUT2D eigenvalue weighted by atomic mass is 10.0. The summed E-state index contributed by atoms with van der Waals surface area (Å²) in [6.07, 6.45) is 7.25. The lowest BCUT2D eigenvalue weighted by molar-refractivity contribution is 0.0958. The SMILES string of the molecule is C=CCNC(=O)c1cnc(Nc2ccc3c(cnn3C)c2)nc1Nc1cccc(N(C)C2CCN(C)CC2)c1.[HH]. The highest BCUT2D eigenvalue weighted by molar-refractivity contribution is 5.99. The number of piperidine rings is 1. The summed E-state index contributed by atoms with van der Waals surface area (Å²) in [5, 5.41) is 14.8. The molecule has 0 unspecified atom stereocenters. The summed E-state index contributed by atoms with van der Waals surface area (Å²) in [7, 11) is 6.23. The summed E-state index contributed by atoms with van der Waals surface area (Å²) in [6, 6.07) is 14.6. The highest BCUT2D eigenvalue weighted by atomic mass is 16.1. The molecular formula is C29H37N9O. The predicted molar refractivity (Wildman–Crippen MR) is 159 cm³/mol. The van der Waals surface area contributed by atoms with E-state index in [2.05, 4.69) is 68.6 Å². The van der Waals surface area contributed by atoms with Gasteiger partial charge in [-0.05, 0) is 69.4 Å². The maximum Gasteiger partial charge on any atom is 0.256 e. The largest absolute Gasteiger partial charge is 0.371 e. The van der Waals surface area contributed by atoms with Crippen molar-refractivity contribution in [1.29, 1.82) is 0 Å². The van der Waals surface area contributed by atoms with Crippen molar-refractivity contribution in [2.45, 2.75) is 18.9 Å². The Morgan fingerprint density at radius 1 is 1.13 bits per heavy atom. The van der Waals surface area contributed by atoms with Crippen LogP contribution in [-0.2, 0) is 7.05 Å². The molecule has 1 amide bonds. The second kappa shape index (κ2) is 11.5. The first-order valence-corrected chi connectivity index (χ1v) is 13.1. The van der Waals surface area contributed by atoms with Crippen molar-refractivity contribution in [1.82, 2.24) is 30.0 Å². The maximum atomic E-state index is 12.9. The van der Waals surface area contributed by atoms with Crippen LogP contribution in [0.1, 0.15) is 24.6 Å². The molecule has 1 fully saturated rings. The molecule has 3 heterocycles. The van der Waals surface area contributed by atoms with E-state index < -0.39 is 0 Å². The predicted octanol–water partition coefficient (Wildman–Crippen LogP) is 4.54. The lowest BCUT2D eigenvalue weighted by Gasteiger charge is -2.36. The van der Waals surface area contributed by atoms with E-state index >= 15 is 0 Å². The van der Waals surface area contributed by atoms with E-state index in [1.54, 1.807) is 6.08 Å². The second-order valence-corrected chi connectivity index (χ2v) is 9.94. The van der Waals surface area contributed by atoms with Crippen LogP contribution in [0.25, 0.3) is 10.9 Å². The molecule has 0 saturated carbocycles. The maximum absolute atomic E-state index is 12.9. The Balaban J connectivity index is 0.00000370. The monoisotopic (exact) mass is 527 g/mol. The van der Waals surface area contributed by atoms with Crippen molar-refractivity contribution in [2.75, 3.05) is 49.3 Å². The van der Waals surface area contributed by atoms with Crippen molar-refractivity contribution < 1.29 is 6.22 Å². The zero-order valence-electron chi connectivity index (χ0n) is 22.7. The molecular weight excluding hydrogens is 490 g/mol. The number of carbonyl (C=O) groups excluding carboxylic acids is 1. The zero-order chi connectivity index (χ0) is 27.4. The third-order valence-corrected chi connectivity index (χ3v) is 7.19. The fourth-order valence-electron chi connectivity index (χ4n) is 4.87. The molecule has 10 nitrogen and oxygen atoms in total. The number of aromatic nitrogens is 4. The number of hydrogen-bond donors (Lipinski definition) is 3. The van der Waals surface area contributed by atoms with Crippen molar-refractivity contribution in [3.63, 3.8) is 0 Å². The van der Waals surface area contributed by atoms with Gasteiger partial charge < -0.3 is 25.8 Å². The van der Waals surface area contributed by atoms with Gasteiger partial charge in [0, 0.05) is 56.8 Å². The van der Waals surface area contributed by atoms with E-state index in [0.717, 1.165) is 53.9 Å². The van der Waals surface area contributed by atoms with Gasteiger partial charge in [0.2, 0.25) is 5.95 Å². The first-order chi connectivity index (χ1) is 18.9. The molecule has 0 spiro atoms. The molecule has 4 aromatic rings. The molecule has 5 rings (SSSR count). The van der Waals surface area contributed by atoms with Crippen molar-refractivity contribution >= 4 is 45.6 Å². The smallest absolute Gasteiger partial charge is 0.256 e. The summed E-state index contributed by atoms with van der Waals surface area (Å²) in [5.41, 5.74) is 4.16. The Bertz CT molecular complexity index is 1480. The quantitative estimate of drug-likeness (QED) is 0.273. The van der Waals surface area contributed by atoms with Gasteiger partial charge in [-0.2, -0.15) is 10.1 Å². The van der Waals surface area contributed by atoms with Gasteiger partial charge in [0.1, 0.15) is 11.4 Å². The highest BCUT2D eigenvalue weighted by Crippen LogP contribution is 2.28. The fraction of sp³-hybridized carbons (Fsp3) is 0.310. The van der Waals surface area contributed by atoms with Crippen LogP contribution in [0.2, 0.25) is 0 Å². The zero-order valence-corrected chi connectivity index (χ0v) is 22.7. The average molecular weight is 528 g/mol. The topological polar surface area (TPSA) is 103 Å². The van der Waals surface area contributed by atoms with Crippen LogP contribution < -0.4 is 20.9 Å². The minimum Gasteiger partial charge on any atom is -0.371 e. The molecule has 204 valence electrons. The van der Waals surface area contributed by atoms with Crippen LogP contribution in [0, 0.1) is 0 Å². The fourth-order valence-corrected chi connectivity index (χ4v) is 4.87. The van der Waals surface area contributed by atoms with Gasteiger partial charge in [-0.1, -0.05) is 12.1 Å². The standard InChI is InChI=1S/C29H35N9O.H2/c1-5-13-30-28(39)25-19-31-29(34-22-9-10-26-20(16-22)18-32-38(26)4)35-27(25)33-21-7-6-8-24(17-21)37(3)23-11-14-36(2)15-12-23;/h5-10,16-19,23H,1,11-15H2,2-4H3,(H,30,39)(H2,31,33,34,35);1H. The number of aryl methyl sites for hydroxylation is 1. The van der Waals surface area contributed by atoms with Crippen LogP contribution in [-0.4, -0.2) is 70.3 Å². The van der Waals surface area contributed by atoms with Gasteiger partial charge in [0.05, 0.1) is 11.7 Å². The van der Waals surface area contributed by atoms with E-state index in [0.29, 0.717) is 29.9 Å². The number of carbonyl (C=O) groups is 1. The van der Waals surface area contributed by atoms with Crippen molar-refractivity contribution in [2.24, 2.45) is 7.05 Å². The van der Waals surface area contributed by atoms with Crippen LogP contribution in [0.4, 0.5) is 28.8 Å². The van der Waals surface area contributed by atoms with Crippen LogP contribution in [0.15, 0.2) is 67.5 Å². The summed E-state index contributed by atoms with van der Waals surface area (Å²) in [4.78, 5) is 26.7. The molecule has 0 atom stereocenters. The van der Waals surface area contributed by atoms with Crippen LogP contribution in [0.5, 0.6) is 0 Å². The Labute approximate surface area is 230 Å². The number of nitrogens with one attached hydrogen (secondary N) is 3. The van der Waals surface area contributed by atoms with Gasteiger partial charge in [-0.25, -0.2) is 4.98 Å². The van der Waals surface area contributed by atoms with Crippen LogP contribution in [0.3, 0.4) is 0 Å². The van der Waals surface area contributed by atoms with Gasteiger partial charge in [-0.15, -0.1) is 6.58 Å². The Hall–Kier alpha value is -4.44. The lowest BCUT2D eigenvalue weighted by Crippen LogP contribution is -2.41. The number of nitrogens with zero attached hydrogens (tertiary/aromatic N) is 6. The Morgan fingerprint density at radius 2 is 1.92 bits per heavy atom. The van der Waals surface area contributed by atoms with E-state index in [1.807, 2.05) is 48.3 Å². The molecule has 0 bridgehead atoms. The molecule has 10 heteroatoms. The van der Waals surface area contributed by atoms with E-state index in [9.17, 15) is 4.79 Å². The summed E-state index contributed by atoms with van der Waals surface area (Å²) in [6.45, 7) is 6.23. The van der Waals surface area contributed by atoms with E-state index in [-0.39, 0.29) is 7.33 Å². The Morgan fingerprint density at radius 3 is 2.72 bits per heavy atom. The summed E-state index contributed by atoms with van der Waals surface area (Å²) in [5.74, 6) is 0.511. The highest BCUT2D eigenvalue weighted by Gasteiger charge is 2.21. The molecule has 39 heavy (non-hydrogen) atoms. The summed E-state index contributed by atoms with van der Waals surface area (Å²) >= 11 is 0. The summed E-state index contributed by atoms with van der Waals surface area (Å²) < 4.78 is 1.83. The number of likely N-dealkylation sites (tertiary alicyclic amines) is 1. The number of rotatable bonds is 9. The Kier molecular flexibility index (Phi) is 7.74. The van der Waals surface area contributed by atoms with Crippen LogP contribution >= 0.6 is 0 Å². The third-order valence-electron chi connectivity index (χ3n) is 7.19. The van der Waals surface area contributed by atoms with E-state index in [1.165, 1.54) is 6.20 Å². The molecule has 3 N–H and O–H groups in total. The number of fused-ring (bicyclic) bond motifs is 1. The first kappa shape index (κ1) is 26.2. The molecule has 1 aliphatic heterocycles. The third kappa shape index (κ3) is 6.01. The van der Waals surface area contributed by atoms with E-state index in [4.69, 9.17) is 4.98 Å². The average Bonchev–Trinajstić information content (AvgIpc) is 3.31. The minimum absolute atomic E-state index is 0. The molecule has 1 aliphatic rings. The normalized spacial score (nSPS) is 14.2. The van der Waals surface area contributed by atoms with Gasteiger partial charge in [0.25, 0.3) is 5.91 Å².